The molecule has 3 aromatic rings. The standard InChI is InChI=1S/C16H11N3O2/c1-10-18-15-12(16(20)21)6-4-8-14(15)19(10)13-7-3-2-5-11(13)9-17/h2-8H,1H3,(H,20,21). The first kappa shape index (κ1) is 12.9. The summed E-state index contributed by atoms with van der Waals surface area (Å²) in [6.45, 7) is 1.79. The van der Waals surface area contributed by atoms with Crippen molar-refractivity contribution in [1.82, 2.24) is 9.55 Å². The number of aromatic carboxylic acids is 1. The van der Waals surface area contributed by atoms with Crippen LogP contribution in [0.5, 0.6) is 0 Å². The van der Waals surface area contributed by atoms with Crippen molar-refractivity contribution in [3.8, 4) is 11.8 Å². The lowest BCUT2D eigenvalue weighted by atomic mass is 10.1. The minimum atomic E-state index is -1.01. The van der Waals surface area contributed by atoms with Gasteiger partial charge < -0.3 is 5.11 Å². The first-order chi connectivity index (χ1) is 10.1. The summed E-state index contributed by atoms with van der Waals surface area (Å²) < 4.78 is 1.81. The van der Waals surface area contributed by atoms with E-state index >= 15 is 0 Å². The van der Waals surface area contributed by atoms with Crippen LogP contribution in [0.15, 0.2) is 42.5 Å². The van der Waals surface area contributed by atoms with Crippen LogP contribution < -0.4 is 0 Å². The topological polar surface area (TPSA) is 78.9 Å². The molecular weight excluding hydrogens is 266 g/mol. The monoisotopic (exact) mass is 277 g/mol. The SMILES string of the molecule is Cc1nc2c(C(=O)O)cccc2n1-c1ccccc1C#N. The van der Waals surface area contributed by atoms with Gasteiger partial charge in [0.15, 0.2) is 0 Å². The van der Waals surface area contributed by atoms with Crippen LogP contribution in [-0.2, 0) is 0 Å². The van der Waals surface area contributed by atoms with Crippen molar-refractivity contribution in [3.05, 3.63) is 59.4 Å². The average molecular weight is 277 g/mol. The minimum Gasteiger partial charge on any atom is -0.478 e. The molecule has 5 nitrogen and oxygen atoms in total. The molecule has 102 valence electrons. The maximum absolute atomic E-state index is 11.3. The lowest BCUT2D eigenvalue weighted by Gasteiger charge is -2.08. The van der Waals surface area contributed by atoms with Gasteiger partial charge in [-0.15, -0.1) is 0 Å². The van der Waals surface area contributed by atoms with Crippen LogP contribution in [-0.4, -0.2) is 20.6 Å². The average Bonchev–Trinajstić information content (AvgIpc) is 2.82. The number of imidazole rings is 1. The number of hydrogen-bond acceptors (Lipinski definition) is 3. The van der Waals surface area contributed by atoms with E-state index in [1.165, 1.54) is 6.07 Å². The quantitative estimate of drug-likeness (QED) is 0.781. The highest BCUT2D eigenvalue weighted by Crippen LogP contribution is 2.25. The first-order valence-corrected chi connectivity index (χ1v) is 6.34. The lowest BCUT2D eigenvalue weighted by molar-refractivity contribution is 0.0699. The van der Waals surface area contributed by atoms with E-state index < -0.39 is 5.97 Å². The summed E-state index contributed by atoms with van der Waals surface area (Å²) in [6.07, 6.45) is 0. The van der Waals surface area contributed by atoms with E-state index in [4.69, 9.17) is 0 Å². The van der Waals surface area contributed by atoms with Crippen LogP contribution in [0.4, 0.5) is 0 Å². The molecule has 0 saturated carbocycles. The Morgan fingerprint density at radius 1 is 1.24 bits per heavy atom. The number of carboxylic acids is 1. The second-order valence-electron chi connectivity index (χ2n) is 4.60. The van der Waals surface area contributed by atoms with Crippen LogP contribution in [0.1, 0.15) is 21.7 Å². The molecule has 3 rings (SSSR count). The van der Waals surface area contributed by atoms with Crippen LogP contribution >= 0.6 is 0 Å². The van der Waals surface area contributed by atoms with Gasteiger partial charge >= 0.3 is 5.97 Å². The molecule has 2 aromatic carbocycles. The Morgan fingerprint density at radius 2 is 2.00 bits per heavy atom. The van der Waals surface area contributed by atoms with E-state index in [-0.39, 0.29) is 5.56 Å². The summed E-state index contributed by atoms with van der Waals surface area (Å²) in [5.41, 5.74) is 2.47. The van der Waals surface area contributed by atoms with Crippen molar-refractivity contribution in [1.29, 1.82) is 5.26 Å². The fourth-order valence-corrected chi connectivity index (χ4v) is 2.46. The fraction of sp³-hybridized carbons (Fsp3) is 0.0625. The molecule has 0 spiro atoms. The zero-order valence-corrected chi connectivity index (χ0v) is 11.2. The van der Waals surface area contributed by atoms with Gasteiger partial charge in [0.05, 0.1) is 22.3 Å². The predicted molar refractivity (Wildman–Crippen MR) is 77.5 cm³/mol. The van der Waals surface area contributed by atoms with E-state index in [9.17, 15) is 15.2 Å². The zero-order chi connectivity index (χ0) is 15.0. The van der Waals surface area contributed by atoms with Gasteiger partial charge in [-0.3, -0.25) is 4.57 Å². The zero-order valence-electron chi connectivity index (χ0n) is 11.2. The second-order valence-corrected chi connectivity index (χ2v) is 4.60. The van der Waals surface area contributed by atoms with Crippen molar-refractivity contribution >= 4 is 17.0 Å². The second kappa shape index (κ2) is 4.76. The van der Waals surface area contributed by atoms with E-state index in [0.717, 1.165) is 0 Å². The Labute approximate surface area is 120 Å². The Hall–Kier alpha value is -3.13. The van der Waals surface area contributed by atoms with Crippen LogP contribution in [0.2, 0.25) is 0 Å². The summed E-state index contributed by atoms with van der Waals surface area (Å²) in [5, 5.41) is 18.5. The van der Waals surface area contributed by atoms with Crippen molar-refractivity contribution < 1.29 is 9.90 Å². The molecule has 1 aromatic heterocycles. The highest BCUT2D eigenvalue weighted by Gasteiger charge is 2.17. The number of hydrogen-bond donors (Lipinski definition) is 1. The number of aryl methyl sites for hydroxylation is 1. The molecule has 0 atom stereocenters. The predicted octanol–water partition coefficient (Wildman–Crippen LogP) is 2.90. The Balaban J connectivity index is 2.40. The van der Waals surface area contributed by atoms with E-state index in [2.05, 4.69) is 11.1 Å². The number of nitrogens with zero attached hydrogens (tertiary/aromatic N) is 3. The molecule has 5 heteroatoms. The number of nitriles is 1. The van der Waals surface area contributed by atoms with Gasteiger partial charge in [-0.25, -0.2) is 9.78 Å². The van der Waals surface area contributed by atoms with Gasteiger partial charge in [0.25, 0.3) is 0 Å². The van der Waals surface area contributed by atoms with Gasteiger partial charge in [0.1, 0.15) is 17.4 Å². The number of fused-ring (bicyclic) bond motifs is 1. The van der Waals surface area contributed by atoms with Crippen molar-refractivity contribution in [3.63, 3.8) is 0 Å². The smallest absolute Gasteiger partial charge is 0.337 e. The fourth-order valence-electron chi connectivity index (χ4n) is 2.46. The summed E-state index contributed by atoms with van der Waals surface area (Å²) in [4.78, 5) is 15.7. The third kappa shape index (κ3) is 1.94. The molecule has 0 bridgehead atoms. The molecule has 0 aliphatic carbocycles. The number of benzene rings is 2. The Morgan fingerprint density at radius 3 is 2.71 bits per heavy atom. The highest BCUT2D eigenvalue weighted by atomic mass is 16.4. The maximum Gasteiger partial charge on any atom is 0.337 e. The van der Waals surface area contributed by atoms with Crippen molar-refractivity contribution in [2.75, 3.05) is 0 Å². The Bertz CT molecular complexity index is 904. The number of carboxylic acid groups (broad SMARTS) is 1. The minimum absolute atomic E-state index is 0.156. The number of aromatic nitrogens is 2. The summed E-state index contributed by atoms with van der Waals surface area (Å²) in [7, 11) is 0. The molecule has 0 unspecified atom stereocenters. The van der Waals surface area contributed by atoms with Gasteiger partial charge in [-0.2, -0.15) is 5.26 Å². The maximum atomic E-state index is 11.3. The van der Waals surface area contributed by atoms with Gasteiger partial charge in [0, 0.05) is 0 Å². The summed E-state index contributed by atoms with van der Waals surface area (Å²) in [5.74, 6) is -0.375. The first-order valence-electron chi connectivity index (χ1n) is 6.34. The van der Waals surface area contributed by atoms with Gasteiger partial charge in [0.2, 0.25) is 0 Å². The van der Waals surface area contributed by atoms with E-state index in [1.54, 1.807) is 35.8 Å². The molecule has 0 aliphatic rings. The number of rotatable bonds is 2. The largest absolute Gasteiger partial charge is 0.478 e. The normalized spacial score (nSPS) is 10.5. The molecule has 0 saturated heterocycles. The lowest BCUT2D eigenvalue weighted by Crippen LogP contribution is -2.00. The molecule has 1 heterocycles. The highest BCUT2D eigenvalue weighted by molar-refractivity contribution is 6.01. The number of para-hydroxylation sites is 2. The molecule has 1 N–H and O–H groups in total. The third-order valence-electron chi connectivity index (χ3n) is 3.35. The molecular formula is C16H11N3O2. The van der Waals surface area contributed by atoms with Gasteiger partial charge in [-0.05, 0) is 31.2 Å². The van der Waals surface area contributed by atoms with Crippen LogP contribution in [0.3, 0.4) is 0 Å². The van der Waals surface area contributed by atoms with Crippen molar-refractivity contribution in [2.24, 2.45) is 0 Å². The van der Waals surface area contributed by atoms with Gasteiger partial charge in [-0.1, -0.05) is 18.2 Å². The van der Waals surface area contributed by atoms with E-state index in [0.29, 0.717) is 28.1 Å². The van der Waals surface area contributed by atoms with E-state index in [1.807, 2.05) is 12.1 Å². The molecule has 0 radical (unpaired) electrons. The van der Waals surface area contributed by atoms with Crippen LogP contribution in [0, 0.1) is 18.3 Å². The molecule has 21 heavy (non-hydrogen) atoms. The summed E-state index contributed by atoms with van der Waals surface area (Å²) >= 11 is 0. The third-order valence-corrected chi connectivity index (χ3v) is 3.35. The summed E-state index contributed by atoms with van der Waals surface area (Å²) in [6, 6.07) is 14.3. The number of carbonyl (C=O) groups is 1. The Kier molecular flexibility index (Phi) is 2.92. The van der Waals surface area contributed by atoms with Crippen LogP contribution in [0.25, 0.3) is 16.7 Å². The van der Waals surface area contributed by atoms with Crippen molar-refractivity contribution in [2.45, 2.75) is 6.92 Å². The molecule has 0 fully saturated rings. The molecule has 0 aliphatic heterocycles. The molecule has 0 amide bonds.